The summed E-state index contributed by atoms with van der Waals surface area (Å²) in [5, 5.41) is 4.90. The molecule has 1 N–H and O–H groups in total. The number of likely N-dealkylation sites (N-methyl/N-ethyl adjacent to an activating group) is 1. The van der Waals surface area contributed by atoms with Gasteiger partial charge in [-0.15, -0.1) is 0 Å². The van der Waals surface area contributed by atoms with Gasteiger partial charge in [-0.05, 0) is 92.8 Å². The van der Waals surface area contributed by atoms with Gasteiger partial charge < -0.3 is 19.1 Å². The van der Waals surface area contributed by atoms with E-state index in [1.807, 2.05) is 36.2 Å². The summed E-state index contributed by atoms with van der Waals surface area (Å²) in [5.41, 5.74) is 7.66. The summed E-state index contributed by atoms with van der Waals surface area (Å²) < 4.78 is 37.4. The van der Waals surface area contributed by atoms with E-state index in [1.165, 1.54) is 12.0 Å². The Morgan fingerprint density at radius 3 is 2.40 bits per heavy atom. The highest BCUT2D eigenvalue weighted by atomic mass is 32.2. The number of carbonyl (C=O) groups excluding carboxylic acids is 2. The molecule has 4 heterocycles. The minimum absolute atomic E-state index is 0.0389. The Kier molecular flexibility index (Phi) is 9.10. The van der Waals surface area contributed by atoms with E-state index in [0.717, 1.165) is 83.5 Å². The number of hydrogen-bond acceptors (Lipinski definition) is 7. The third-order valence-corrected chi connectivity index (χ3v) is 12.4. The lowest BCUT2D eigenvalue weighted by molar-refractivity contribution is 0.0663. The van der Waals surface area contributed by atoms with Gasteiger partial charge in [-0.25, -0.2) is 13.1 Å². The lowest BCUT2D eigenvalue weighted by atomic mass is 9.81. The molecule has 264 valence electrons. The van der Waals surface area contributed by atoms with Crippen LogP contribution in [0.4, 0.5) is 0 Å². The molecule has 3 aliphatic rings. The topological polar surface area (TPSA) is 119 Å². The second-order valence-electron chi connectivity index (χ2n) is 14.2. The fourth-order valence-electron chi connectivity index (χ4n) is 7.79. The molecule has 11 nitrogen and oxygen atoms in total. The van der Waals surface area contributed by atoms with Gasteiger partial charge in [0.25, 0.3) is 11.8 Å². The van der Waals surface area contributed by atoms with Crippen molar-refractivity contribution in [1.29, 1.82) is 0 Å². The van der Waals surface area contributed by atoms with E-state index < -0.39 is 21.2 Å². The van der Waals surface area contributed by atoms with Gasteiger partial charge >= 0.3 is 0 Å². The Morgan fingerprint density at radius 2 is 1.70 bits per heavy atom. The van der Waals surface area contributed by atoms with Gasteiger partial charge in [-0.1, -0.05) is 25.3 Å². The Hall–Kier alpha value is -4.42. The van der Waals surface area contributed by atoms with Crippen LogP contribution in [0.5, 0.6) is 5.75 Å². The predicted molar refractivity (Wildman–Crippen MR) is 196 cm³/mol. The number of methoxy groups -OCH3 is 1. The van der Waals surface area contributed by atoms with Crippen LogP contribution < -0.4 is 9.46 Å². The van der Waals surface area contributed by atoms with Gasteiger partial charge in [0.2, 0.25) is 10.0 Å². The average Bonchev–Trinajstić information content (AvgIpc) is 3.59. The SMILES string of the molecule is COc1ccc2c(c1)C=C(c1c(C(=O)N3CCN(C)CC3)cnn1C)Cn1c-2c(C2CCCCC2)c2ccc(C(=O)NS(=O)(=O)C(C)C)cc21. The van der Waals surface area contributed by atoms with Crippen molar-refractivity contribution in [2.24, 2.45) is 7.05 Å². The van der Waals surface area contributed by atoms with Crippen LogP contribution in [-0.4, -0.2) is 90.0 Å². The largest absolute Gasteiger partial charge is 0.497 e. The lowest BCUT2D eigenvalue weighted by Gasteiger charge is -2.32. The van der Waals surface area contributed by atoms with E-state index in [-0.39, 0.29) is 11.5 Å². The summed E-state index contributed by atoms with van der Waals surface area (Å²) in [6.45, 7) is 6.43. The number of allylic oxidation sites excluding steroid dienone is 1. The second-order valence-corrected chi connectivity index (χ2v) is 16.4. The van der Waals surface area contributed by atoms with E-state index >= 15 is 0 Å². The van der Waals surface area contributed by atoms with Crippen molar-refractivity contribution >= 4 is 44.4 Å². The van der Waals surface area contributed by atoms with E-state index in [2.05, 4.69) is 38.5 Å². The zero-order valence-electron chi connectivity index (χ0n) is 29.5. The molecule has 1 aliphatic carbocycles. The summed E-state index contributed by atoms with van der Waals surface area (Å²) in [6, 6.07) is 11.7. The van der Waals surface area contributed by atoms with Crippen LogP contribution in [0.25, 0.3) is 33.8 Å². The molecule has 0 unspecified atom stereocenters. The van der Waals surface area contributed by atoms with Gasteiger partial charge in [-0.2, -0.15) is 5.10 Å². The van der Waals surface area contributed by atoms with Crippen LogP contribution in [-0.2, 0) is 23.6 Å². The summed E-state index contributed by atoms with van der Waals surface area (Å²) >= 11 is 0. The molecule has 50 heavy (non-hydrogen) atoms. The number of hydrogen-bond donors (Lipinski definition) is 1. The first-order valence-corrected chi connectivity index (χ1v) is 19.1. The van der Waals surface area contributed by atoms with Crippen LogP contribution in [0, 0.1) is 0 Å². The lowest BCUT2D eigenvalue weighted by Crippen LogP contribution is -2.47. The smallest absolute Gasteiger partial charge is 0.264 e. The first-order valence-electron chi connectivity index (χ1n) is 17.6. The van der Waals surface area contributed by atoms with E-state index in [0.29, 0.717) is 31.1 Å². The number of benzene rings is 2. The number of nitrogens with zero attached hydrogens (tertiary/aromatic N) is 5. The molecule has 4 aromatic rings. The zero-order chi connectivity index (χ0) is 35.3. The summed E-state index contributed by atoms with van der Waals surface area (Å²) in [4.78, 5) is 31.6. The van der Waals surface area contributed by atoms with Crippen molar-refractivity contribution in [2.75, 3.05) is 40.3 Å². The normalized spacial score (nSPS) is 17.3. The maximum Gasteiger partial charge on any atom is 0.264 e. The molecule has 1 saturated heterocycles. The van der Waals surface area contributed by atoms with Crippen molar-refractivity contribution < 1.29 is 22.7 Å². The van der Waals surface area contributed by atoms with Gasteiger partial charge in [0, 0.05) is 55.3 Å². The van der Waals surface area contributed by atoms with Gasteiger partial charge in [-0.3, -0.25) is 14.3 Å². The van der Waals surface area contributed by atoms with Gasteiger partial charge in [0.15, 0.2) is 0 Å². The number of piperazine rings is 1. The van der Waals surface area contributed by atoms with Crippen molar-refractivity contribution in [2.45, 2.75) is 63.7 Å². The molecule has 2 fully saturated rings. The molecule has 2 aromatic carbocycles. The van der Waals surface area contributed by atoms with Crippen LogP contribution in [0.3, 0.4) is 0 Å². The molecule has 2 amide bonds. The third kappa shape index (κ3) is 6.12. The molecule has 2 aliphatic heterocycles. The molecule has 0 spiro atoms. The minimum Gasteiger partial charge on any atom is -0.497 e. The number of ether oxygens (including phenoxy) is 1. The molecule has 2 aromatic heterocycles. The fraction of sp³-hybridized carbons (Fsp3) is 0.447. The number of fused-ring (bicyclic) bond motifs is 5. The second kappa shape index (κ2) is 13.4. The Labute approximate surface area is 293 Å². The van der Waals surface area contributed by atoms with Crippen molar-refractivity contribution in [3.8, 4) is 17.0 Å². The van der Waals surface area contributed by atoms with E-state index in [9.17, 15) is 18.0 Å². The summed E-state index contributed by atoms with van der Waals surface area (Å²) in [7, 11) is 1.77. The number of rotatable bonds is 7. The quantitative estimate of drug-likeness (QED) is 0.271. The highest BCUT2D eigenvalue weighted by Gasteiger charge is 2.33. The van der Waals surface area contributed by atoms with Crippen molar-refractivity contribution in [3.63, 3.8) is 0 Å². The molecule has 1 saturated carbocycles. The zero-order valence-corrected chi connectivity index (χ0v) is 30.3. The molecule has 0 bridgehead atoms. The molecule has 0 radical (unpaired) electrons. The minimum atomic E-state index is -3.82. The van der Waals surface area contributed by atoms with Gasteiger partial charge in [0.05, 0.1) is 42.1 Å². The number of aromatic nitrogens is 3. The number of aryl methyl sites for hydroxylation is 1. The van der Waals surface area contributed by atoms with Gasteiger partial charge in [0.1, 0.15) is 5.75 Å². The van der Waals surface area contributed by atoms with Crippen LogP contribution >= 0.6 is 0 Å². The number of nitrogens with one attached hydrogen (secondary N) is 1. The third-order valence-electron chi connectivity index (χ3n) is 10.7. The Bertz CT molecular complexity index is 2110. The first kappa shape index (κ1) is 34.0. The van der Waals surface area contributed by atoms with Crippen LogP contribution in [0.2, 0.25) is 0 Å². The van der Waals surface area contributed by atoms with E-state index in [4.69, 9.17) is 4.74 Å². The molecular weight excluding hydrogens is 653 g/mol. The fourth-order valence-corrected chi connectivity index (χ4v) is 8.40. The van der Waals surface area contributed by atoms with E-state index in [1.54, 1.807) is 37.9 Å². The first-order chi connectivity index (χ1) is 24.0. The van der Waals surface area contributed by atoms with Crippen LogP contribution in [0.1, 0.15) is 89.4 Å². The monoisotopic (exact) mass is 698 g/mol. The number of carbonyl (C=O) groups is 2. The summed E-state index contributed by atoms with van der Waals surface area (Å²) in [6.07, 6.45) is 9.46. The standard InChI is InChI=1S/C38H46N6O5S/c1-24(2)50(47,48)40-37(45)26-11-13-31-33(21-26)44-23-28(35-32(22-39-42(35)4)38(46)43-17-15-41(3)16-18-43)19-27-20-29(49-5)12-14-30(27)36(44)34(31)25-9-7-6-8-10-25/h11-14,19-22,24-25H,6-10,15-18,23H2,1-5H3,(H,40,45). The highest BCUT2D eigenvalue weighted by Crippen LogP contribution is 2.48. The van der Waals surface area contributed by atoms with Crippen LogP contribution in [0.15, 0.2) is 42.6 Å². The average molecular weight is 699 g/mol. The maximum absolute atomic E-state index is 14.1. The number of sulfonamides is 1. The Morgan fingerprint density at radius 1 is 0.960 bits per heavy atom. The molecular formula is C38H46N6O5S. The molecule has 0 atom stereocenters. The predicted octanol–water partition coefficient (Wildman–Crippen LogP) is 5.51. The summed E-state index contributed by atoms with van der Waals surface area (Å²) in [5.74, 6) is 0.359. The molecule has 12 heteroatoms. The van der Waals surface area contributed by atoms with Crippen molar-refractivity contribution in [1.82, 2.24) is 28.9 Å². The van der Waals surface area contributed by atoms with Crippen molar-refractivity contribution in [3.05, 3.63) is 70.5 Å². The maximum atomic E-state index is 14.1. The molecule has 7 rings (SSSR count). The number of amides is 2. The highest BCUT2D eigenvalue weighted by molar-refractivity contribution is 7.90. The Balaban J connectivity index is 1.44.